The van der Waals surface area contributed by atoms with E-state index in [1.165, 1.54) is 7.11 Å². The quantitative estimate of drug-likeness (QED) is 0.411. The minimum absolute atomic E-state index is 0.0481. The van der Waals surface area contributed by atoms with Gasteiger partial charge in [0.2, 0.25) is 6.10 Å². The van der Waals surface area contributed by atoms with Gasteiger partial charge in [0.05, 0.1) is 7.11 Å². The SMILES string of the molecule is CCCCCC1OC(=S)OC1C(=O)OC. The largest absolute Gasteiger partial charge is 0.466 e. The first kappa shape index (κ1) is 12.2. The van der Waals surface area contributed by atoms with Crippen molar-refractivity contribution in [3.63, 3.8) is 0 Å². The first-order valence-electron chi connectivity index (χ1n) is 5.14. The number of rotatable bonds is 5. The van der Waals surface area contributed by atoms with Crippen LogP contribution in [0.1, 0.15) is 32.6 Å². The third-order valence-corrected chi connectivity index (χ3v) is 2.53. The van der Waals surface area contributed by atoms with Gasteiger partial charge in [0.15, 0.2) is 6.10 Å². The molecule has 1 heterocycles. The molecule has 0 aromatic carbocycles. The molecule has 4 nitrogen and oxygen atoms in total. The van der Waals surface area contributed by atoms with Crippen LogP contribution in [0.25, 0.3) is 0 Å². The van der Waals surface area contributed by atoms with E-state index in [1.807, 2.05) is 0 Å². The number of ether oxygens (including phenoxy) is 3. The van der Waals surface area contributed by atoms with Crippen molar-refractivity contribution < 1.29 is 19.0 Å². The first-order valence-corrected chi connectivity index (χ1v) is 5.55. The summed E-state index contributed by atoms with van der Waals surface area (Å²) in [6, 6.07) is 0. The van der Waals surface area contributed by atoms with E-state index in [9.17, 15) is 4.79 Å². The van der Waals surface area contributed by atoms with Crippen molar-refractivity contribution >= 4 is 23.4 Å². The topological polar surface area (TPSA) is 44.8 Å². The summed E-state index contributed by atoms with van der Waals surface area (Å²) < 4.78 is 15.0. The summed E-state index contributed by atoms with van der Waals surface area (Å²) in [5.41, 5.74) is 0. The Morgan fingerprint density at radius 1 is 1.47 bits per heavy atom. The van der Waals surface area contributed by atoms with Crippen LogP contribution in [-0.4, -0.2) is 30.5 Å². The van der Waals surface area contributed by atoms with Crippen LogP contribution in [-0.2, 0) is 19.0 Å². The Balaban J connectivity index is 2.45. The molecule has 0 aromatic rings. The van der Waals surface area contributed by atoms with Crippen LogP contribution in [0.4, 0.5) is 0 Å². The van der Waals surface area contributed by atoms with Crippen molar-refractivity contribution in [3.8, 4) is 0 Å². The third kappa shape index (κ3) is 3.34. The summed E-state index contributed by atoms with van der Waals surface area (Å²) in [5.74, 6) is -0.420. The van der Waals surface area contributed by atoms with Gasteiger partial charge in [-0.1, -0.05) is 19.8 Å². The average molecular weight is 232 g/mol. The van der Waals surface area contributed by atoms with E-state index in [-0.39, 0.29) is 11.3 Å². The predicted molar refractivity (Wildman–Crippen MR) is 58.5 cm³/mol. The molecule has 0 aliphatic carbocycles. The Labute approximate surface area is 94.9 Å². The maximum absolute atomic E-state index is 11.3. The van der Waals surface area contributed by atoms with Crippen LogP contribution in [0.3, 0.4) is 0 Å². The maximum atomic E-state index is 11.3. The van der Waals surface area contributed by atoms with Crippen LogP contribution in [0.2, 0.25) is 0 Å². The normalized spacial score (nSPS) is 24.5. The summed E-state index contributed by atoms with van der Waals surface area (Å²) in [4.78, 5) is 11.3. The molecule has 0 amide bonds. The molecule has 0 aromatic heterocycles. The zero-order valence-corrected chi connectivity index (χ0v) is 9.84. The molecule has 0 saturated carbocycles. The minimum Gasteiger partial charge on any atom is -0.466 e. The van der Waals surface area contributed by atoms with E-state index in [0.29, 0.717) is 0 Å². The predicted octanol–water partition coefficient (Wildman–Crippen LogP) is 1.81. The molecule has 0 bridgehead atoms. The second-order valence-electron chi connectivity index (χ2n) is 3.46. The van der Waals surface area contributed by atoms with Crippen LogP contribution < -0.4 is 0 Å². The van der Waals surface area contributed by atoms with E-state index < -0.39 is 12.1 Å². The third-order valence-electron chi connectivity index (χ3n) is 2.33. The number of hydrogen-bond donors (Lipinski definition) is 0. The number of carbonyl (C=O) groups is 1. The van der Waals surface area contributed by atoms with Gasteiger partial charge in [0, 0.05) is 12.2 Å². The Hall–Kier alpha value is -0.840. The van der Waals surface area contributed by atoms with Crippen LogP contribution in [0, 0.1) is 0 Å². The molecule has 1 aliphatic rings. The number of hydrogen-bond acceptors (Lipinski definition) is 5. The Kier molecular flexibility index (Phi) is 4.81. The van der Waals surface area contributed by atoms with Gasteiger partial charge < -0.3 is 14.2 Å². The summed E-state index contributed by atoms with van der Waals surface area (Å²) in [7, 11) is 1.33. The van der Waals surface area contributed by atoms with E-state index in [1.54, 1.807) is 0 Å². The van der Waals surface area contributed by atoms with Gasteiger partial charge in [-0.25, -0.2) is 4.79 Å². The lowest BCUT2D eigenvalue weighted by atomic mass is 10.1. The molecule has 1 saturated heterocycles. The fourth-order valence-electron chi connectivity index (χ4n) is 1.51. The van der Waals surface area contributed by atoms with Crippen molar-refractivity contribution in [2.45, 2.75) is 44.8 Å². The highest BCUT2D eigenvalue weighted by molar-refractivity contribution is 7.79. The first-order chi connectivity index (χ1) is 7.19. The molecule has 0 N–H and O–H groups in total. The zero-order valence-electron chi connectivity index (χ0n) is 9.02. The average Bonchev–Trinajstić information content (AvgIpc) is 2.59. The highest BCUT2D eigenvalue weighted by atomic mass is 32.1. The monoisotopic (exact) mass is 232 g/mol. The molecule has 2 unspecified atom stereocenters. The Morgan fingerprint density at radius 3 is 2.80 bits per heavy atom. The van der Waals surface area contributed by atoms with E-state index in [4.69, 9.17) is 21.7 Å². The molecule has 1 rings (SSSR count). The molecule has 2 atom stereocenters. The smallest absolute Gasteiger partial charge is 0.353 e. The van der Waals surface area contributed by atoms with Crippen molar-refractivity contribution in [2.24, 2.45) is 0 Å². The molecule has 0 radical (unpaired) electrons. The van der Waals surface area contributed by atoms with E-state index in [2.05, 4.69) is 11.7 Å². The second kappa shape index (κ2) is 5.90. The van der Waals surface area contributed by atoms with Crippen LogP contribution >= 0.6 is 12.2 Å². The molecule has 15 heavy (non-hydrogen) atoms. The van der Waals surface area contributed by atoms with E-state index >= 15 is 0 Å². The van der Waals surface area contributed by atoms with Crippen LogP contribution in [0.15, 0.2) is 0 Å². The zero-order chi connectivity index (χ0) is 11.3. The van der Waals surface area contributed by atoms with Gasteiger partial charge in [-0.2, -0.15) is 0 Å². The molecule has 5 heteroatoms. The lowest BCUT2D eigenvalue weighted by Crippen LogP contribution is -2.32. The van der Waals surface area contributed by atoms with Crippen molar-refractivity contribution in [3.05, 3.63) is 0 Å². The number of methoxy groups -OCH3 is 1. The lowest BCUT2D eigenvalue weighted by Gasteiger charge is -2.12. The number of unbranched alkanes of at least 4 members (excludes halogenated alkanes) is 2. The number of thiocarbonyl (C=S) groups is 1. The highest BCUT2D eigenvalue weighted by Gasteiger charge is 2.40. The summed E-state index contributed by atoms with van der Waals surface area (Å²) in [6.45, 7) is 2.12. The Morgan fingerprint density at radius 2 is 2.20 bits per heavy atom. The summed E-state index contributed by atoms with van der Waals surface area (Å²) in [6.07, 6.45) is 3.05. The van der Waals surface area contributed by atoms with Crippen LogP contribution in [0.5, 0.6) is 0 Å². The van der Waals surface area contributed by atoms with Crippen molar-refractivity contribution in [1.29, 1.82) is 0 Å². The molecule has 1 aliphatic heterocycles. The standard InChI is InChI=1S/C10H16O4S/c1-3-4-5-6-7-8(9(11)12-2)14-10(15)13-7/h7-8H,3-6H2,1-2H3. The maximum Gasteiger partial charge on any atom is 0.353 e. The highest BCUT2D eigenvalue weighted by Crippen LogP contribution is 2.21. The minimum atomic E-state index is -0.681. The van der Waals surface area contributed by atoms with Gasteiger partial charge in [0.1, 0.15) is 0 Å². The molecule has 86 valence electrons. The van der Waals surface area contributed by atoms with Crippen molar-refractivity contribution in [1.82, 2.24) is 0 Å². The molecule has 1 fully saturated rings. The number of carbonyl (C=O) groups excluding carboxylic acids is 1. The van der Waals surface area contributed by atoms with Gasteiger partial charge >= 0.3 is 11.2 Å². The fraction of sp³-hybridized carbons (Fsp3) is 0.800. The summed E-state index contributed by atoms with van der Waals surface area (Å²) >= 11 is 4.77. The molecular weight excluding hydrogens is 216 g/mol. The van der Waals surface area contributed by atoms with Gasteiger partial charge in [0.25, 0.3) is 0 Å². The fourth-order valence-corrected chi connectivity index (χ4v) is 1.74. The number of esters is 1. The molecular formula is C10H16O4S. The lowest BCUT2D eigenvalue weighted by molar-refractivity contribution is -0.150. The van der Waals surface area contributed by atoms with Gasteiger partial charge in [-0.15, -0.1) is 0 Å². The Bertz CT molecular complexity index is 242. The van der Waals surface area contributed by atoms with Gasteiger partial charge in [-0.3, -0.25) is 0 Å². The van der Waals surface area contributed by atoms with E-state index in [0.717, 1.165) is 25.7 Å². The molecule has 0 spiro atoms. The summed E-state index contributed by atoms with van der Waals surface area (Å²) in [5, 5.41) is 0.0481. The second-order valence-corrected chi connectivity index (χ2v) is 3.80. The van der Waals surface area contributed by atoms with Crippen molar-refractivity contribution in [2.75, 3.05) is 7.11 Å². The van der Waals surface area contributed by atoms with Gasteiger partial charge in [-0.05, 0) is 12.8 Å².